The Kier molecular flexibility index (Phi) is 3.56. The number of imide groups is 1. The van der Waals surface area contributed by atoms with E-state index in [0.717, 1.165) is 5.56 Å². The molecule has 0 radical (unpaired) electrons. The summed E-state index contributed by atoms with van der Waals surface area (Å²) in [5, 5.41) is 11.2. The van der Waals surface area contributed by atoms with Gasteiger partial charge < -0.3 is 9.51 Å². The Bertz CT molecular complexity index is 1190. The van der Waals surface area contributed by atoms with Crippen LogP contribution in [0, 0.1) is 0 Å². The fraction of sp³-hybridized carbons (Fsp3) is 0.348. The number of β-amino-alcohol motifs (C(OH)–C–C–N with tert-alkyl or cyclic N) is 1. The number of carbonyl (C=O) groups is 2. The molecule has 0 atom stereocenters. The van der Waals surface area contributed by atoms with Crippen LogP contribution in [0.1, 0.15) is 56.3 Å². The molecule has 1 aromatic carbocycles. The molecule has 2 fully saturated rings. The van der Waals surface area contributed by atoms with Gasteiger partial charge in [0.2, 0.25) is 0 Å². The Morgan fingerprint density at radius 3 is 2.37 bits per heavy atom. The fourth-order valence-electron chi connectivity index (χ4n) is 4.79. The highest BCUT2D eigenvalue weighted by molar-refractivity contribution is 6.21. The van der Waals surface area contributed by atoms with E-state index in [1.807, 2.05) is 17.6 Å². The molecule has 1 N–H and O–H groups in total. The molecule has 2 aliphatic heterocycles. The van der Waals surface area contributed by atoms with Crippen molar-refractivity contribution in [3.05, 3.63) is 70.7 Å². The Hall–Kier alpha value is -3.03. The standard InChI is InChI=1S/C23H22N4O3/c1-25-12-23(30,13-25)19-8-15(14-6-7-14)9-26-10-16(24-20(19)26)11-27-21(28)17-4-2-3-5-18(17)22(27)29/h2-5,8-10,14,30H,6-7,11-13H2,1H3. The number of amides is 2. The molecule has 0 spiro atoms. The largest absolute Gasteiger partial charge is 0.382 e. The first-order valence-corrected chi connectivity index (χ1v) is 10.3. The predicted molar refractivity (Wildman–Crippen MR) is 109 cm³/mol. The van der Waals surface area contributed by atoms with Crippen LogP contribution in [0.5, 0.6) is 0 Å². The zero-order valence-corrected chi connectivity index (χ0v) is 16.7. The first-order chi connectivity index (χ1) is 14.4. The van der Waals surface area contributed by atoms with Crippen LogP contribution in [0.25, 0.3) is 5.65 Å². The summed E-state index contributed by atoms with van der Waals surface area (Å²) in [7, 11) is 1.98. The van der Waals surface area contributed by atoms with Gasteiger partial charge in [-0.15, -0.1) is 0 Å². The van der Waals surface area contributed by atoms with Crippen LogP contribution < -0.4 is 0 Å². The highest BCUT2D eigenvalue weighted by Gasteiger charge is 2.43. The van der Waals surface area contributed by atoms with Crippen molar-refractivity contribution in [1.29, 1.82) is 0 Å². The molecular formula is C23H22N4O3. The first kappa shape index (κ1) is 17.8. The summed E-state index contributed by atoms with van der Waals surface area (Å²) in [6, 6.07) is 8.99. The van der Waals surface area contributed by atoms with E-state index in [2.05, 4.69) is 17.2 Å². The molecule has 1 saturated heterocycles. The lowest BCUT2D eigenvalue weighted by Crippen LogP contribution is -2.57. The van der Waals surface area contributed by atoms with Crippen molar-refractivity contribution in [2.45, 2.75) is 30.9 Å². The second-order valence-electron chi connectivity index (χ2n) is 8.87. The third kappa shape index (κ3) is 2.55. The lowest BCUT2D eigenvalue weighted by atomic mass is 9.86. The van der Waals surface area contributed by atoms with Gasteiger partial charge in [0.1, 0.15) is 11.2 Å². The fourth-order valence-corrected chi connectivity index (χ4v) is 4.79. The number of likely N-dealkylation sites (N-methyl/N-ethyl adjacent to an activating group) is 1. The van der Waals surface area contributed by atoms with Crippen molar-refractivity contribution in [3.8, 4) is 0 Å². The molecule has 152 valence electrons. The minimum Gasteiger partial charge on any atom is -0.382 e. The quantitative estimate of drug-likeness (QED) is 0.677. The molecule has 0 bridgehead atoms. The molecule has 3 aromatic rings. The second kappa shape index (κ2) is 6.00. The van der Waals surface area contributed by atoms with Crippen LogP contribution in [-0.4, -0.2) is 56.2 Å². The normalized spacial score (nSPS) is 20.7. The molecule has 6 rings (SSSR count). The summed E-state index contributed by atoms with van der Waals surface area (Å²) in [5.41, 5.74) is 3.34. The molecule has 1 saturated carbocycles. The Morgan fingerprint density at radius 1 is 1.10 bits per heavy atom. The third-order valence-electron chi connectivity index (χ3n) is 6.43. The van der Waals surface area contributed by atoms with Crippen LogP contribution in [0.4, 0.5) is 0 Å². The van der Waals surface area contributed by atoms with E-state index in [1.54, 1.807) is 24.3 Å². The highest BCUT2D eigenvalue weighted by atomic mass is 16.3. The zero-order valence-electron chi connectivity index (χ0n) is 16.7. The van der Waals surface area contributed by atoms with Crippen LogP contribution in [-0.2, 0) is 12.1 Å². The van der Waals surface area contributed by atoms with E-state index in [1.165, 1.54) is 23.3 Å². The number of nitrogens with zero attached hydrogens (tertiary/aromatic N) is 4. The highest BCUT2D eigenvalue weighted by Crippen LogP contribution is 2.43. The zero-order chi connectivity index (χ0) is 20.6. The minimum absolute atomic E-state index is 0.116. The van der Waals surface area contributed by atoms with Crippen molar-refractivity contribution in [2.24, 2.45) is 0 Å². The van der Waals surface area contributed by atoms with E-state index in [4.69, 9.17) is 4.98 Å². The van der Waals surface area contributed by atoms with Crippen molar-refractivity contribution >= 4 is 17.5 Å². The molecule has 2 amide bonds. The molecule has 30 heavy (non-hydrogen) atoms. The number of hydrogen-bond donors (Lipinski definition) is 1. The Labute approximate surface area is 173 Å². The number of fused-ring (bicyclic) bond motifs is 2. The van der Waals surface area contributed by atoms with Crippen molar-refractivity contribution < 1.29 is 14.7 Å². The molecule has 3 aliphatic rings. The average molecular weight is 402 g/mol. The molecule has 2 aromatic heterocycles. The number of imidazole rings is 1. The molecule has 1 aliphatic carbocycles. The number of pyridine rings is 1. The molecule has 0 unspecified atom stereocenters. The smallest absolute Gasteiger partial charge is 0.261 e. The maximum atomic E-state index is 12.7. The van der Waals surface area contributed by atoms with Crippen molar-refractivity contribution in [1.82, 2.24) is 19.2 Å². The summed E-state index contributed by atoms with van der Waals surface area (Å²) in [5.74, 6) is -0.0340. The van der Waals surface area contributed by atoms with Gasteiger partial charge in [0.25, 0.3) is 11.8 Å². The minimum atomic E-state index is -0.918. The van der Waals surface area contributed by atoms with E-state index in [0.29, 0.717) is 41.5 Å². The Balaban J connectivity index is 1.39. The van der Waals surface area contributed by atoms with Gasteiger partial charge in [-0.25, -0.2) is 4.98 Å². The van der Waals surface area contributed by atoms with Gasteiger partial charge in [0, 0.05) is 31.0 Å². The Morgan fingerprint density at radius 2 is 1.77 bits per heavy atom. The summed E-state index contributed by atoms with van der Waals surface area (Å²) in [4.78, 5) is 33.5. The number of rotatable bonds is 4. The third-order valence-corrected chi connectivity index (χ3v) is 6.43. The van der Waals surface area contributed by atoms with Gasteiger partial charge in [-0.3, -0.25) is 19.4 Å². The van der Waals surface area contributed by atoms with Gasteiger partial charge >= 0.3 is 0 Å². The van der Waals surface area contributed by atoms with Gasteiger partial charge in [-0.1, -0.05) is 12.1 Å². The maximum Gasteiger partial charge on any atom is 0.261 e. The summed E-state index contributed by atoms with van der Waals surface area (Å²) < 4.78 is 1.95. The van der Waals surface area contributed by atoms with E-state index in [-0.39, 0.29) is 18.4 Å². The summed E-state index contributed by atoms with van der Waals surface area (Å²) >= 11 is 0. The topological polar surface area (TPSA) is 78.1 Å². The number of aliphatic hydroxyl groups is 1. The van der Waals surface area contributed by atoms with E-state index in [9.17, 15) is 14.7 Å². The lowest BCUT2D eigenvalue weighted by Gasteiger charge is -2.44. The van der Waals surface area contributed by atoms with E-state index < -0.39 is 5.60 Å². The van der Waals surface area contributed by atoms with Crippen LogP contribution in [0.15, 0.2) is 42.7 Å². The molecule has 7 heteroatoms. The summed E-state index contributed by atoms with van der Waals surface area (Å²) in [6.45, 7) is 1.25. The van der Waals surface area contributed by atoms with Gasteiger partial charge in [-0.2, -0.15) is 0 Å². The number of likely N-dealkylation sites (tertiary alicyclic amines) is 1. The summed E-state index contributed by atoms with van der Waals surface area (Å²) in [6.07, 6.45) is 6.28. The van der Waals surface area contributed by atoms with Gasteiger partial charge in [0.05, 0.1) is 23.4 Å². The van der Waals surface area contributed by atoms with Crippen LogP contribution in [0.3, 0.4) is 0 Å². The lowest BCUT2D eigenvalue weighted by molar-refractivity contribution is -0.0911. The van der Waals surface area contributed by atoms with Crippen molar-refractivity contribution in [3.63, 3.8) is 0 Å². The van der Waals surface area contributed by atoms with Crippen LogP contribution >= 0.6 is 0 Å². The molecular weight excluding hydrogens is 380 g/mol. The van der Waals surface area contributed by atoms with Crippen molar-refractivity contribution in [2.75, 3.05) is 20.1 Å². The number of benzene rings is 1. The number of carbonyl (C=O) groups excluding carboxylic acids is 2. The van der Waals surface area contributed by atoms with E-state index >= 15 is 0 Å². The van der Waals surface area contributed by atoms with Gasteiger partial charge in [-0.05, 0) is 49.6 Å². The molecule has 4 heterocycles. The molecule has 7 nitrogen and oxygen atoms in total. The second-order valence-corrected chi connectivity index (χ2v) is 8.87. The first-order valence-electron chi connectivity index (χ1n) is 10.3. The average Bonchev–Trinajstić information content (AvgIpc) is 3.44. The monoisotopic (exact) mass is 402 g/mol. The van der Waals surface area contributed by atoms with Gasteiger partial charge in [0.15, 0.2) is 0 Å². The van der Waals surface area contributed by atoms with Crippen LogP contribution in [0.2, 0.25) is 0 Å². The maximum absolute atomic E-state index is 12.7. The number of hydrogen-bond acceptors (Lipinski definition) is 5. The number of aromatic nitrogens is 2. The predicted octanol–water partition coefficient (Wildman–Crippen LogP) is 2.14. The SMILES string of the molecule is CN1CC(O)(c2cc(C3CC3)cn3cc(CN4C(=O)c5ccccc5C4=O)nc23)C1.